The van der Waals surface area contributed by atoms with Gasteiger partial charge in [0.2, 0.25) is 0 Å². The molecule has 6 heterocycles. The Labute approximate surface area is 156 Å². The zero-order valence-electron chi connectivity index (χ0n) is 15.2. The molecule has 0 atom stereocenters. The van der Waals surface area contributed by atoms with Crippen molar-refractivity contribution in [1.82, 2.24) is 29.4 Å². The molecule has 2 bridgehead atoms. The minimum Gasteiger partial charge on any atom is -0.265 e. The van der Waals surface area contributed by atoms with Crippen LogP contribution in [0.5, 0.6) is 0 Å². The monoisotopic (exact) mass is 356 g/mol. The van der Waals surface area contributed by atoms with Crippen molar-refractivity contribution in [1.29, 1.82) is 0 Å². The summed E-state index contributed by atoms with van der Waals surface area (Å²) in [5.41, 5.74) is 7.56. The van der Waals surface area contributed by atoms with Gasteiger partial charge >= 0.3 is 0 Å². The number of aryl methyl sites for hydroxylation is 1. The highest BCUT2D eigenvalue weighted by Gasteiger charge is 2.38. The molecule has 3 aliphatic rings. The largest absolute Gasteiger partial charge is 0.265 e. The summed E-state index contributed by atoms with van der Waals surface area (Å²) in [7, 11) is 0. The standard InChI is InChI=1S/C21H20N6/c1-13-3-2-4-17(24-13)20-19(15-7-10-18-22-12-23-26(18)11-15)21-14-5-8-16(9-6-14)27(21)25-20/h2-4,7,10-12,14,16H,5-6,8-9H2,1H3. The topological polar surface area (TPSA) is 60.9 Å². The lowest BCUT2D eigenvalue weighted by atomic mass is 9.78. The highest BCUT2D eigenvalue weighted by Crippen LogP contribution is 2.50. The van der Waals surface area contributed by atoms with Crippen LogP contribution >= 0.6 is 0 Å². The van der Waals surface area contributed by atoms with Gasteiger partial charge in [0.25, 0.3) is 0 Å². The van der Waals surface area contributed by atoms with Gasteiger partial charge in [0, 0.05) is 28.9 Å². The first-order valence-corrected chi connectivity index (χ1v) is 9.64. The van der Waals surface area contributed by atoms with Crippen molar-refractivity contribution < 1.29 is 0 Å². The molecule has 0 amide bonds. The molecule has 2 aliphatic heterocycles. The van der Waals surface area contributed by atoms with E-state index in [2.05, 4.69) is 39.2 Å². The van der Waals surface area contributed by atoms with E-state index in [-0.39, 0.29) is 0 Å². The zero-order valence-corrected chi connectivity index (χ0v) is 15.2. The normalized spacial score (nSPS) is 20.9. The van der Waals surface area contributed by atoms with Gasteiger partial charge in [-0.3, -0.25) is 9.67 Å². The summed E-state index contributed by atoms with van der Waals surface area (Å²) in [5, 5.41) is 9.43. The van der Waals surface area contributed by atoms with Crippen LogP contribution in [0.15, 0.2) is 42.9 Å². The fraction of sp³-hybridized carbons (Fsp3) is 0.333. The second kappa shape index (κ2) is 5.49. The van der Waals surface area contributed by atoms with Crippen LogP contribution in [0.2, 0.25) is 0 Å². The van der Waals surface area contributed by atoms with E-state index >= 15 is 0 Å². The van der Waals surface area contributed by atoms with Crippen LogP contribution in [-0.2, 0) is 0 Å². The molecule has 7 rings (SSSR count). The van der Waals surface area contributed by atoms with Crippen LogP contribution in [0.3, 0.4) is 0 Å². The van der Waals surface area contributed by atoms with Crippen molar-refractivity contribution >= 4 is 5.65 Å². The van der Waals surface area contributed by atoms with Crippen molar-refractivity contribution in [3.8, 4) is 22.5 Å². The maximum absolute atomic E-state index is 5.10. The van der Waals surface area contributed by atoms with E-state index in [1.165, 1.54) is 36.9 Å². The Morgan fingerprint density at radius 1 is 1.04 bits per heavy atom. The minimum atomic E-state index is 0.525. The summed E-state index contributed by atoms with van der Waals surface area (Å²) in [5.74, 6) is 0.586. The average molecular weight is 356 g/mol. The number of fused-ring (bicyclic) bond motifs is 3. The molecule has 1 fully saturated rings. The number of aromatic nitrogens is 6. The number of nitrogens with zero attached hydrogens (tertiary/aromatic N) is 6. The fourth-order valence-corrected chi connectivity index (χ4v) is 4.81. The molecule has 0 unspecified atom stereocenters. The smallest absolute Gasteiger partial charge is 0.155 e. The van der Waals surface area contributed by atoms with E-state index in [9.17, 15) is 0 Å². The SMILES string of the molecule is Cc1cccc(-c2nn3c(c2-c2ccc4ncnn4c2)C2CCC3CC2)n1. The second-order valence-electron chi connectivity index (χ2n) is 7.70. The van der Waals surface area contributed by atoms with E-state index in [4.69, 9.17) is 10.1 Å². The molecular formula is C21H20N6. The van der Waals surface area contributed by atoms with Crippen molar-refractivity contribution in [3.63, 3.8) is 0 Å². The van der Waals surface area contributed by atoms with Crippen LogP contribution in [0.1, 0.15) is 49.0 Å². The van der Waals surface area contributed by atoms with Crippen molar-refractivity contribution in [2.75, 3.05) is 0 Å². The van der Waals surface area contributed by atoms with E-state index in [1.807, 2.05) is 23.6 Å². The van der Waals surface area contributed by atoms with Gasteiger partial charge < -0.3 is 0 Å². The Bertz CT molecular complexity index is 1160. The molecule has 27 heavy (non-hydrogen) atoms. The summed E-state index contributed by atoms with van der Waals surface area (Å²) in [6, 6.07) is 10.9. The van der Waals surface area contributed by atoms with Crippen molar-refractivity contribution in [2.45, 2.75) is 44.6 Å². The summed E-state index contributed by atoms with van der Waals surface area (Å²) >= 11 is 0. The number of hydrogen-bond donors (Lipinski definition) is 0. The summed E-state index contributed by atoms with van der Waals surface area (Å²) in [6.45, 7) is 2.03. The Balaban J connectivity index is 1.65. The van der Waals surface area contributed by atoms with E-state index in [0.717, 1.165) is 28.3 Å². The Morgan fingerprint density at radius 3 is 2.78 bits per heavy atom. The molecule has 4 aromatic heterocycles. The third-order valence-corrected chi connectivity index (χ3v) is 6.07. The van der Waals surface area contributed by atoms with Gasteiger partial charge in [0.15, 0.2) is 5.65 Å². The first-order chi connectivity index (χ1) is 13.3. The molecule has 4 aromatic rings. The summed E-state index contributed by atoms with van der Waals surface area (Å²) in [6.07, 6.45) is 8.66. The Kier molecular flexibility index (Phi) is 3.06. The number of rotatable bonds is 2. The van der Waals surface area contributed by atoms with Crippen LogP contribution in [-0.4, -0.2) is 29.4 Å². The number of pyridine rings is 2. The lowest BCUT2D eigenvalue weighted by molar-refractivity contribution is 0.240. The molecule has 6 heteroatoms. The minimum absolute atomic E-state index is 0.525. The van der Waals surface area contributed by atoms with Crippen molar-refractivity contribution in [3.05, 3.63) is 54.2 Å². The third-order valence-electron chi connectivity index (χ3n) is 6.07. The van der Waals surface area contributed by atoms with Gasteiger partial charge in [-0.05, 0) is 56.9 Å². The molecule has 6 nitrogen and oxygen atoms in total. The van der Waals surface area contributed by atoms with Gasteiger partial charge in [-0.25, -0.2) is 9.50 Å². The lowest BCUT2D eigenvalue weighted by Crippen LogP contribution is -2.28. The Hall–Kier alpha value is -3.02. The Morgan fingerprint density at radius 2 is 1.93 bits per heavy atom. The van der Waals surface area contributed by atoms with Crippen LogP contribution in [0.25, 0.3) is 28.2 Å². The summed E-state index contributed by atoms with van der Waals surface area (Å²) in [4.78, 5) is 9.06. The summed E-state index contributed by atoms with van der Waals surface area (Å²) < 4.78 is 4.14. The molecule has 1 aliphatic carbocycles. The number of hydrogen-bond acceptors (Lipinski definition) is 4. The molecule has 0 N–H and O–H groups in total. The van der Waals surface area contributed by atoms with Crippen LogP contribution in [0.4, 0.5) is 0 Å². The van der Waals surface area contributed by atoms with Crippen molar-refractivity contribution in [2.24, 2.45) is 0 Å². The molecule has 0 spiro atoms. The lowest BCUT2D eigenvalue weighted by Gasteiger charge is -2.37. The molecule has 0 radical (unpaired) electrons. The average Bonchev–Trinajstić information content (AvgIpc) is 3.34. The van der Waals surface area contributed by atoms with Gasteiger partial charge in [-0.1, -0.05) is 6.07 Å². The fourth-order valence-electron chi connectivity index (χ4n) is 4.81. The van der Waals surface area contributed by atoms with E-state index < -0.39 is 0 Å². The third kappa shape index (κ3) is 2.19. The molecule has 0 saturated heterocycles. The highest BCUT2D eigenvalue weighted by molar-refractivity contribution is 5.82. The maximum atomic E-state index is 5.10. The molecule has 134 valence electrons. The van der Waals surface area contributed by atoms with Gasteiger partial charge in [-0.15, -0.1) is 0 Å². The quantitative estimate of drug-likeness (QED) is 0.541. The van der Waals surface area contributed by atoms with E-state index in [0.29, 0.717) is 12.0 Å². The molecular weight excluding hydrogens is 336 g/mol. The molecule has 0 aromatic carbocycles. The molecule has 1 saturated carbocycles. The van der Waals surface area contributed by atoms with Gasteiger partial charge in [0.1, 0.15) is 12.0 Å². The van der Waals surface area contributed by atoms with Gasteiger partial charge in [-0.2, -0.15) is 10.2 Å². The highest BCUT2D eigenvalue weighted by atomic mass is 15.3. The maximum Gasteiger partial charge on any atom is 0.155 e. The van der Waals surface area contributed by atoms with Crippen LogP contribution < -0.4 is 0 Å². The van der Waals surface area contributed by atoms with Crippen LogP contribution in [0, 0.1) is 6.92 Å². The first-order valence-electron chi connectivity index (χ1n) is 9.64. The van der Waals surface area contributed by atoms with Gasteiger partial charge in [0.05, 0.1) is 17.4 Å². The zero-order chi connectivity index (χ0) is 18.0. The second-order valence-corrected chi connectivity index (χ2v) is 7.70. The predicted molar refractivity (Wildman–Crippen MR) is 102 cm³/mol. The van der Waals surface area contributed by atoms with E-state index in [1.54, 1.807) is 6.33 Å². The first kappa shape index (κ1) is 15.1. The predicted octanol–water partition coefficient (Wildman–Crippen LogP) is 4.18.